The fourth-order valence-corrected chi connectivity index (χ4v) is 3.50. The van der Waals surface area contributed by atoms with Gasteiger partial charge in [0, 0.05) is 30.4 Å². The zero-order chi connectivity index (χ0) is 25.6. The fourth-order valence-electron chi connectivity index (χ4n) is 3.50. The molecule has 35 heavy (non-hydrogen) atoms. The third-order valence-electron chi connectivity index (χ3n) is 5.11. The number of anilines is 1. The Morgan fingerprint density at radius 3 is 2.40 bits per heavy atom. The van der Waals surface area contributed by atoms with Crippen molar-refractivity contribution in [2.45, 2.75) is 39.5 Å². The molecule has 0 aliphatic carbocycles. The van der Waals surface area contributed by atoms with E-state index in [1.165, 1.54) is 7.11 Å². The summed E-state index contributed by atoms with van der Waals surface area (Å²) in [5.41, 5.74) is 1.44. The number of ether oxygens (including phenoxy) is 3. The lowest BCUT2D eigenvalue weighted by molar-refractivity contribution is 0.0523. The van der Waals surface area contributed by atoms with Crippen molar-refractivity contribution in [3.05, 3.63) is 59.9 Å². The van der Waals surface area contributed by atoms with Gasteiger partial charge in [0.2, 0.25) is 0 Å². The van der Waals surface area contributed by atoms with Crippen LogP contribution in [0.4, 0.5) is 15.3 Å². The summed E-state index contributed by atoms with van der Waals surface area (Å²) in [6, 6.07) is 12.9. The summed E-state index contributed by atoms with van der Waals surface area (Å²) < 4.78 is 16.4. The van der Waals surface area contributed by atoms with Crippen LogP contribution in [-0.4, -0.2) is 48.9 Å². The molecule has 2 aromatic carbocycles. The van der Waals surface area contributed by atoms with E-state index in [0.29, 0.717) is 40.2 Å². The van der Waals surface area contributed by atoms with E-state index >= 15 is 0 Å². The Kier molecular flexibility index (Phi) is 8.01. The van der Waals surface area contributed by atoms with Crippen molar-refractivity contribution in [1.29, 1.82) is 0 Å². The number of aromatic nitrogens is 1. The van der Waals surface area contributed by atoms with Gasteiger partial charge in [-0.2, -0.15) is 0 Å². The van der Waals surface area contributed by atoms with E-state index in [1.54, 1.807) is 58.2 Å². The molecule has 0 bridgehead atoms. The van der Waals surface area contributed by atoms with Gasteiger partial charge in [-0.25, -0.2) is 9.59 Å². The largest absolute Gasteiger partial charge is 0.497 e. The molecule has 0 spiro atoms. The first-order valence-corrected chi connectivity index (χ1v) is 11.2. The number of urea groups is 1. The number of amides is 3. The van der Waals surface area contributed by atoms with Gasteiger partial charge in [0.25, 0.3) is 0 Å². The van der Waals surface area contributed by atoms with Crippen LogP contribution in [0, 0.1) is 0 Å². The van der Waals surface area contributed by atoms with Crippen molar-refractivity contribution in [1.82, 2.24) is 15.2 Å². The van der Waals surface area contributed by atoms with Crippen molar-refractivity contribution in [3.8, 4) is 11.5 Å². The van der Waals surface area contributed by atoms with Gasteiger partial charge in [-0.15, -0.1) is 0 Å². The molecule has 9 nitrogen and oxygen atoms in total. The molecule has 0 aliphatic rings. The number of fused-ring (bicyclic) bond motifs is 1. The highest BCUT2D eigenvalue weighted by Crippen LogP contribution is 2.37. The average Bonchev–Trinajstić information content (AvgIpc) is 2.82. The molecule has 0 saturated heterocycles. The van der Waals surface area contributed by atoms with Gasteiger partial charge < -0.3 is 29.7 Å². The number of hydrogen-bond acceptors (Lipinski definition) is 6. The van der Waals surface area contributed by atoms with Crippen molar-refractivity contribution in [2.24, 2.45) is 0 Å². The molecule has 0 unspecified atom stereocenters. The van der Waals surface area contributed by atoms with Crippen LogP contribution in [0.1, 0.15) is 32.0 Å². The Bertz CT molecular complexity index is 1190. The van der Waals surface area contributed by atoms with Gasteiger partial charge in [-0.3, -0.25) is 4.98 Å². The van der Waals surface area contributed by atoms with Gasteiger partial charge in [-0.1, -0.05) is 30.3 Å². The Morgan fingerprint density at radius 2 is 1.77 bits per heavy atom. The average molecular weight is 481 g/mol. The molecule has 186 valence electrons. The highest BCUT2D eigenvalue weighted by Gasteiger charge is 2.20. The van der Waals surface area contributed by atoms with Crippen molar-refractivity contribution < 1.29 is 23.8 Å². The predicted octanol–water partition coefficient (Wildman–Crippen LogP) is 4.94. The quantitative estimate of drug-likeness (QED) is 0.497. The zero-order valence-corrected chi connectivity index (χ0v) is 21.0. The van der Waals surface area contributed by atoms with Crippen LogP contribution in [0.15, 0.2) is 48.7 Å². The number of hydrogen-bond donors (Lipinski definition) is 2. The number of alkyl carbamates (subject to hydrolysis) is 1. The van der Waals surface area contributed by atoms with E-state index in [9.17, 15) is 9.59 Å². The number of carbonyl (C=O) groups excluding carboxylic acids is 2. The summed E-state index contributed by atoms with van der Waals surface area (Å²) in [6.45, 7) is 5.93. The summed E-state index contributed by atoms with van der Waals surface area (Å²) in [7, 11) is 4.81. The van der Waals surface area contributed by atoms with Gasteiger partial charge in [0.05, 0.1) is 38.3 Å². The summed E-state index contributed by atoms with van der Waals surface area (Å²) in [4.78, 5) is 31.2. The van der Waals surface area contributed by atoms with Crippen LogP contribution < -0.4 is 20.1 Å². The highest BCUT2D eigenvalue weighted by molar-refractivity contribution is 6.05. The summed E-state index contributed by atoms with van der Waals surface area (Å²) in [5, 5.41) is 6.97. The first-order chi connectivity index (χ1) is 16.6. The van der Waals surface area contributed by atoms with E-state index in [-0.39, 0.29) is 12.6 Å². The fraction of sp³-hybridized carbons (Fsp3) is 0.346. The summed E-state index contributed by atoms with van der Waals surface area (Å²) in [6.07, 6.45) is 1.00. The normalized spacial score (nSPS) is 11.0. The van der Waals surface area contributed by atoms with Crippen LogP contribution in [0.25, 0.3) is 10.8 Å². The van der Waals surface area contributed by atoms with E-state index in [2.05, 4.69) is 15.6 Å². The molecule has 0 fully saturated rings. The Morgan fingerprint density at radius 1 is 1.06 bits per heavy atom. The van der Waals surface area contributed by atoms with E-state index in [4.69, 9.17) is 14.2 Å². The molecule has 0 saturated carbocycles. The molecule has 0 atom stereocenters. The maximum atomic E-state index is 13.0. The Labute approximate surface area is 205 Å². The second-order valence-electron chi connectivity index (χ2n) is 9.00. The highest BCUT2D eigenvalue weighted by atomic mass is 16.6. The lowest BCUT2D eigenvalue weighted by atomic mass is 10.1. The number of rotatable bonds is 7. The van der Waals surface area contributed by atoms with Gasteiger partial charge >= 0.3 is 12.1 Å². The minimum Gasteiger partial charge on any atom is -0.497 e. The number of carbonyl (C=O) groups is 2. The lowest BCUT2D eigenvalue weighted by Gasteiger charge is -2.21. The maximum absolute atomic E-state index is 13.0. The molecule has 0 aliphatic heterocycles. The van der Waals surface area contributed by atoms with Crippen LogP contribution in [0.5, 0.6) is 11.5 Å². The van der Waals surface area contributed by atoms with Gasteiger partial charge in [-0.05, 0) is 32.4 Å². The Balaban J connectivity index is 1.91. The minimum absolute atomic E-state index is 0.107. The molecule has 1 heterocycles. The topological polar surface area (TPSA) is 102 Å². The van der Waals surface area contributed by atoms with Crippen molar-refractivity contribution in [3.63, 3.8) is 0 Å². The number of benzene rings is 2. The minimum atomic E-state index is -0.620. The molecular formula is C26H32N4O5. The van der Waals surface area contributed by atoms with E-state index in [1.807, 2.05) is 30.3 Å². The monoisotopic (exact) mass is 480 g/mol. The number of nitrogens with zero attached hydrogens (tertiary/aromatic N) is 2. The van der Waals surface area contributed by atoms with Crippen LogP contribution in [-0.2, 0) is 17.8 Å². The SMILES string of the molecule is COc1cc(OC)c2c(CNC(=O)OC(C)(C)C)ncc(NC(=O)N(C)Cc3ccccc3)c2c1. The summed E-state index contributed by atoms with van der Waals surface area (Å²) in [5.74, 6) is 1.06. The van der Waals surface area contributed by atoms with Gasteiger partial charge in [0.1, 0.15) is 17.1 Å². The second-order valence-corrected chi connectivity index (χ2v) is 9.00. The van der Waals surface area contributed by atoms with Crippen LogP contribution >= 0.6 is 0 Å². The third-order valence-corrected chi connectivity index (χ3v) is 5.11. The Hall–Kier alpha value is -4.01. The molecule has 3 amide bonds. The zero-order valence-electron chi connectivity index (χ0n) is 21.0. The van der Waals surface area contributed by atoms with Crippen molar-refractivity contribution in [2.75, 3.05) is 26.6 Å². The lowest BCUT2D eigenvalue weighted by Crippen LogP contribution is -2.32. The maximum Gasteiger partial charge on any atom is 0.407 e. The number of methoxy groups -OCH3 is 2. The molecular weight excluding hydrogens is 448 g/mol. The first-order valence-electron chi connectivity index (χ1n) is 11.2. The predicted molar refractivity (Wildman–Crippen MR) is 135 cm³/mol. The molecule has 9 heteroatoms. The number of pyridine rings is 1. The standard InChI is InChI=1S/C26H32N4O5/c1-26(2,3)35-25(32)28-15-21-23-19(12-18(33-5)13-22(23)34-6)20(14-27-21)29-24(31)30(4)16-17-10-8-7-9-11-17/h7-14H,15-16H2,1-6H3,(H,28,32)(H,29,31). The molecule has 3 rings (SSSR count). The summed E-state index contributed by atoms with van der Waals surface area (Å²) >= 11 is 0. The molecule has 3 aromatic rings. The van der Waals surface area contributed by atoms with E-state index in [0.717, 1.165) is 5.56 Å². The van der Waals surface area contributed by atoms with Crippen LogP contribution in [0.2, 0.25) is 0 Å². The molecule has 1 aromatic heterocycles. The first kappa shape index (κ1) is 25.6. The second kappa shape index (κ2) is 10.9. The van der Waals surface area contributed by atoms with Crippen LogP contribution in [0.3, 0.4) is 0 Å². The molecule has 2 N–H and O–H groups in total. The van der Waals surface area contributed by atoms with E-state index < -0.39 is 11.7 Å². The van der Waals surface area contributed by atoms with Crippen molar-refractivity contribution >= 4 is 28.6 Å². The molecule has 0 radical (unpaired) electrons. The van der Waals surface area contributed by atoms with Gasteiger partial charge in [0.15, 0.2) is 0 Å². The third kappa shape index (κ3) is 6.75. The smallest absolute Gasteiger partial charge is 0.407 e. The number of nitrogens with one attached hydrogen (secondary N) is 2.